The van der Waals surface area contributed by atoms with Gasteiger partial charge in [-0.25, -0.2) is 0 Å². The van der Waals surface area contributed by atoms with Gasteiger partial charge in [0.2, 0.25) is 0 Å². The lowest BCUT2D eigenvalue weighted by atomic mass is 10.2. The third-order valence-electron chi connectivity index (χ3n) is 2.13. The number of halogens is 1. The predicted octanol–water partition coefficient (Wildman–Crippen LogP) is 2.52. The highest BCUT2D eigenvalue weighted by Crippen LogP contribution is 2.23. The van der Waals surface area contributed by atoms with E-state index in [-0.39, 0.29) is 0 Å². The Morgan fingerprint density at radius 3 is 3.00 bits per heavy atom. The number of carbonyl (C=O) groups is 1. The van der Waals surface area contributed by atoms with Crippen molar-refractivity contribution in [2.75, 3.05) is 0 Å². The topological polar surface area (TPSA) is 34.9 Å². The van der Waals surface area contributed by atoms with E-state index in [1.807, 2.05) is 13.0 Å². The lowest BCUT2D eigenvalue weighted by Gasteiger charge is -1.93. The van der Waals surface area contributed by atoms with Gasteiger partial charge in [-0.15, -0.1) is 0 Å². The molecule has 0 radical (unpaired) electrons. The van der Waals surface area contributed by atoms with Crippen LogP contribution in [-0.4, -0.2) is 16.1 Å². The molecule has 0 saturated carbocycles. The van der Waals surface area contributed by atoms with Crippen molar-refractivity contribution in [1.82, 2.24) is 9.78 Å². The first-order valence-electron chi connectivity index (χ1n) is 4.37. The summed E-state index contributed by atoms with van der Waals surface area (Å²) in [6.45, 7) is 2.70. The van der Waals surface area contributed by atoms with E-state index in [0.717, 1.165) is 23.7 Å². The van der Waals surface area contributed by atoms with Gasteiger partial charge in [0.1, 0.15) is 11.4 Å². The van der Waals surface area contributed by atoms with Crippen LogP contribution < -0.4 is 0 Å². The van der Waals surface area contributed by atoms with Crippen molar-refractivity contribution in [2.45, 2.75) is 13.5 Å². The smallest absolute Gasteiger partial charge is 0.150 e. The van der Waals surface area contributed by atoms with Gasteiger partial charge in [0.25, 0.3) is 0 Å². The van der Waals surface area contributed by atoms with Crippen molar-refractivity contribution in [1.29, 1.82) is 0 Å². The van der Waals surface area contributed by atoms with Gasteiger partial charge in [-0.2, -0.15) is 5.10 Å². The van der Waals surface area contributed by atoms with E-state index in [4.69, 9.17) is 11.6 Å². The normalized spacial score (nSPS) is 10.7. The Bertz CT molecular complexity index is 490. The van der Waals surface area contributed by atoms with Crippen LogP contribution in [0.1, 0.15) is 17.3 Å². The maximum Gasteiger partial charge on any atom is 0.150 e. The van der Waals surface area contributed by atoms with E-state index in [0.29, 0.717) is 10.7 Å². The largest absolute Gasteiger partial charge is 0.298 e. The van der Waals surface area contributed by atoms with Crippen molar-refractivity contribution in [3.05, 3.63) is 28.9 Å². The first-order chi connectivity index (χ1) is 6.76. The van der Waals surface area contributed by atoms with E-state index in [9.17, 15) is 4.79 Å². The molecule has 0 spiro atoms. The average Bonchev–Trinajstić information content (AvgIpc) is 2.55. The predicted molar refractivity (Wildman–Crippen MR) is 55.8 cm³/mol. The van der Waals surface area contributed by atoms with Gasteiger partial charge in [0.05, 0.1) is 5.52 Å². The number of aldehydes is 1. The molecule has 14 heavy (non-hydrogen) atoms. The number of benzene rings is 1. The van der Waals surface area contributed by atoms with Gasteiger partial charge < -0.3 is 0 Å². The Morgan fingerprint density at radius 1 is 1.57 bits per heavy atom. The molecule has 0 saturated heterocycles. The van der Waals surface area contributed by atoms with Crippen LogP contribution in [0.3, 0.4) is 0 Å². The highest BCUT2D eigenvalue weighted by molar-refractivity contribution is 6.34. The van der Waals surface area contributed by atoms with Gasteiger partial charge >= 0.3 is 0 Å². The third-order valence-corrected chi connectivity index (χ3v) is 2.53. The highest BCUT2D eigenvalue weighted by atomic mass is 35.5. The summed E-state index contributed by atoms with van der Waals surface area (Å²) >= 11 is 6.06. The van der Waals surface area contributed by atoms with Crippen molar-refractivity contribution < 1.29 is 4.79 Å². The molecule has 0 atom stereocenters. The summed E-state index contributed by atoms with van der Waals surface area (Å²) in [5.74, 6) is 0. The van der Waals surface area contributed by atoms with Gasteiger partial charge in [-0.05, 0) is 19.1 Å². The molecule has 0 amide bonds. The standard InChI is InChI=1S/C10H9ClN2O/c1-2-13-10(11)8-4-3-7(6-14)5-9(8)12-13/h3-6H,2H2,1H3. The minimum Gasteiger partial charge on any atom is -0.298 e. The van der Waals surface area contributed by atoms with E-state index in [1.165, 1.54) is 0 Å². The number of hydrogen-bond acceptors (Lipinski definition) is 2. The Kier molecular flexibility index (Phi) is 2.25. The molecule has 0 aliphatic carbocycles. The highest BCUT2D eigenvalue weighted by Gasteiger charge is 2.07. The number of carbonyl (C=O) groups excluding carboxylic acids is 1. The number of hydrogen-bond donors (Lipinski definition) is 0. The first-order valence-corrected chi connectivity index (χ1v) is 4.75. The summed E-state index contributed by atoms with van der Waals surface area (Å²) in [7, 11) is 0. The second kappa shape index (κ2) is 3.42. The fourth-order valence-corrected chi connectivity index (χ4v) is 1.72. The first kappa shape index (κ1) is 9.21. The second-order valence-corrected chi connectivity index (χ2v) is 3.36. The van der Waals surface area contributed by atoms with Crippen molar-refractivity contribution in [3.63, 3.8) is 0 Å². The molecule has 2 aromatic rings. The number of aryl methyl sites for hydroxylation is 1. The average molecular weight is 209 g/mol. The second-order valence-electron chi connectivity index (χ2n) is 3.00. The van der Waals surface area contributed by atoms with Crippen LogP contribution in [0.5, 0.6) is 0 Å². The van der Waals surface area contributed by atoms with Crippen LogP contribution in [0, 0.1) is 0 Å². The van der Waals surface area contributed by atoms with E-state index in [1.54, 1.807) is 16.8 Å². The lowest BCUT2D eigenvalue weighted by Crippen LogP contribution is -1.94. The zero-order valence-electron chi connectivity index (χ0n) is 7.70. The van der Waals surface area contributed by atoms with Crippen molar-refractivity contribution in [3.8, 4) is 0 Å². The molecule has 1 aromatic carbocycles. The summed E-state index contributed by atoms with van der Waals surface area (Å²) in [5.41, 5.74) is 1.39. The monoisotopic (exact) mass is 208 g/mol. The zero-order chi connectivity index (χ0) is 10.1. The van der Waals surface area contributed by atoms with Crippen LogP contribution in [-0.2, 0) is 6.54 Å². The summed E-state index contributed by atoms with van der Waals surface area (Å²) in [6.07, 6.45) is 0.804. The molecule has 0 N–H and O–H groups in total. The maximum absolute atomic E-state index is 10.5. The Labute approximate surface area is 86.3 Å². The number of aromatic nitrogens is 2. The third kappa shape index (κ3) is 1.30. The van der Waals surface area contributed by atoms with Crippen molar-refractivity contribution >= 4 is 28.8 Å². The Balaban J connectivity index is 2.72. The molecule has 1 aromatic heterocycles. The number of rotatable bonds is 2. The van der Waals surface area contributed by atoms with Crippen LogP contribution in [0.25, 0.3) is 10.9 Å². The van der Waals surface area contributed by atoms with E-state index < -0.39 is 0 Å². The molecule has 0 aliphatic heterocycles. The summed E-state index contributed by atoms with van der Waals surface area (Å²) in [5, 5.41) is 5.78. The minimum atomic E-state index is 0.620. The van der Waals surface area contributed by atoms with Crippen LogP contribution in [0.2, 0.25) is 5.15 Å². The van der Waals surface area contributed by atoms with E-state index in [2.05, 4.69) is 5.10 Å². The van der Waals surface area contributed by atoms with E-state index >= 15 is 0 Å². The fourth-order valence-electron chi connectivity index (χ4n) is 1.40. The molecular formula is C10H9ClN2O. The zero-order valence-corrected chi connectivity index (χ0v) is 8.45. The maximum atomic E-state index is 10.5. The summed E-state index contributed by atoms with van der Waals surface area (Å²) < 4.78 is 1.71. The molecule has 0 bridgehead atoms. The van der Waals surface area contributed by atoms with Gasteiger partial charge in [-0.3, -0.25) is 9.48 Å². The molecule has 0 unspecified atom stereocenters. The Morgan fingerprint density at radius 2 is 2.36 bits per heavy atom. The van der Waals surface area contributed by atoms with Gasteiger partial charge in [-0.1, -0.05) is 17.7 Å². The minimum absolute atomic E-state index is 0.620. The van der Waals surface area contributed by atoms with Crippen molar-refractivity contribution in [2.24, 2.45) is 0 Å². The van der Waals surface area contributed by atoms with Crippen LogP contribution in [0.15, 0.2) is 18.2 Å². The van der Waals surface area contributed by atoms with Gasteiger partial charge in [0.15, 0.2) is 0 Å². The molecule has 0 aliphatic rings. The van der Waals surface area contributed by atoms with Crippen LogP contribution in [0.4, 0.5) is 0 Å². The molecule has 4 heteroatoms. The molecule has 3 nitrogen and oxygen atoms in total. The molecule has 0 fully saturated rings. The SMILES string of the molecule is CCn1nc2cc(C=O)ccc2c1Cl. The molecule has 2 rings (SSSR count). The molecule has 1 heterocycles. The Hall–Kier alpha value is -1.35. The molecule has 72 valence electrons. The molecular weight excluding hydrogens is 200 g/mol. The summed E-state index contributed by atoms with van der Waals surface area (Å²) in [6, 6.07) is 5.30. The summed E-state index contributed by atoms with van der Waals surface area (Å²) in [4.78, 5) is 10.5. The number of fused-ring (bicyclic) bond motifs is 1. The quantitative estimate of drug-likeness (QED) is 0.711. The number of nitrogens with zero attached hydrogens (tertiary/aromatic N) is 2. The lowest BCUT2D eigenvalue weighted by molar-refractivity contribution is 0.112. The van der Waals surface area contributed by atoms with Gasteiger partial charge in [0, 0.05) is 17.5 Å². The van der Waals surface area contributed by atoms with Crippen LogP contribution >= 0.6 is 11.6 Å². The fraction of sp³-hybridized carbons (Fsp3) is 0.200.